The third-order valence-electron chi connectivity index (χ3n) is 4.40. The standard InChI is InChI=1S/C17H15F3N4O3.C2HF3O2/c1-9-2-3-10(16(26,7-25)17(18,19)20)4-11(9)12-5-23-15(21)14(24-12)13-6-22-8-27-13;3-2(4,5)1(6)7/h2-6,8,25-26H,7H2,1H3,(H2,21,23);(H,6,7). The zero-order chi connectivity index (χ0) is 25.9. The second kappa shape index (κ2) is 9.64. The molecule has 0 bridgehead atoms. The lowest BCUT2D eigenvalue weighted by atomic mass is 9.90. The fraction of sp³-hybridized carbons (Fsp3) is 0.263. The zero-order valence-corrected chi connectivity index (χ0v) is 17.0. The molecule has 9 nitrogen and oxygen atoms in total. The van der Waals surface area contributed by atoms with Crippen LogP contribution < -0.4 is 5.73 Å². The van der Waals surface area contributed by atoms with E-state index in [9.17, 15) is 36.6 Å². The zero-order valence-electron chi connectivity index (χ0n) is 17.0. The molecule has 0 aliphatic heterocycles. The van der Waals surface area contributed by atoms with Gasteiger partial charge in [-0.25, -0.2) is 19.7 Å². The van der Waals surface area contributed by atoms with Gasteiger partial charge in [-0.3, -0.25) is 0 Å². The number of nitrogen functional groups attached to an aromatic ring is 1. The third kappa shape index (κ3) is 5.60. The van der Waals surface area contributed by atoms with E-state index in [1.54, 1.807) is 6.92 Å². The lowest BCUT2D eigenvalue weighted by Gasteiger charge is -2.29. The number of aliphatic hydroxyl groups is 2. The van der Waals surface area contributed by atoms with Gasteiger partial charge in [0.05, 0.1) is 24.7 Å². The van der Waals surface area contributed by atoms with Crippen LogP contribution in [0.1, 0.15) is 11.1 Å². The number of nitrogens with zero attached hydrogens (tertiary/aromatic N) is 3. The van der Waals surface area contributed by atoms with Crippen molar-refractivity contribution in [3.63, 3.8) is 0 Å². The van der Waals surface area contributed by atoms with Crippen molar-refractivity contribution in [2.24, 2.45) is 0 Å². The first-order valence-corrected chi connectivity index (χ1v) is 8.94. The summed E-state index contributed by atoms with van der Waals surface area (Å²) in [5.74, 6) is -2.45. The first-order valence-electron chi connectivity index (χ1n) is 8.94. The smallest absolute Gasteiger partial charge is 0.475 e. The SMILES string of the molecule is Cc1ccc(C(O)(CO)C(F)(F)F)cc1-c1cnc(N)c(-c2cnco2)n1.O=C(O)C(F)(F)F. The van der Waals surface area contributed by atoms with E-state index in [0.29, 0.717) is 5.56 Å². The molecule has 0 amide bonds. The van der Waals surface area contributed by atoms with Gasteiger partial charge < -0.3 is 25.5 Å². The summed E-state index contributed by atoms with van der Waals surface area (Å²) in [5, 5.41) is 26.3. The second-order valence-corrected chi connectivity index (χ2v) is 6.70. The lowest BCUT2D eigenvalue weighted by Crippen LogP contribution is -2.45. The Bertz CT molecular complexity index is 1150. The number of oxazole rings is 1. The van der Waals surface area contributed by atoms with Crippen molar-refractivity contribution in [2.75, 3.05) is 12.3 Å². The third-order valence-corrected chi connectivity index (χ3v) is 4.40. The first-order chi connectivity index (χ1) is 15.6. The van der Waals surface area contributed by atoms with Crippen LogP contribution in [0.5, 0.6) is 0 Å². The van der Waals surface area contributed by atoms with Crippen LogP contribution in [0.3, 0.4) is 0 Å². The van der Waals surface area contributed by atoms with E-state index in [-0.39, 0.29) is 28.5 Å². The Morgan fingerprint density at radius 1 is 1.15 bits per heavy atom. The van der Waals surface area contributed by atoms with Gasteiger partial charge in [0.2, 0.25) is 5.60 Å². The highest BCUT2D eigenvalue weighted by atomic mass is 19.4. The number of anilines is 1. The molecular formula is C19H16F6N4O5. The number of rotatable bonds is 4. The lowest BCUT2D eigenvalue weighted by molar-refractivity contribution is -0.277. The molecule has 184 valence electrons. The Labute approximate surface area is 186 Å². The molecule has 3 rings (SSSR count). The van der Waals surface area contributed by atoms with Crippen LogP contribution in [0.15, 0.2) is 41.4 Å². The maximum atomic E-state index is 13.3. The number of benzene rings is 1. The monoisotopic (exact) mass is 494 g/mol. The minimum Gasteiger partial charge on any atom is -0.475 e. The van der Waals surface area contributed by atoms with Crippen molar-refractivity contribution in [3.8, 4) is 22.7 Å². The van der Waals surface area contributed by atoms with Crippen molar-refractivity contribution in [1.29, 1.82) is 0 Å². The van der Waals surface area contributed by atoms with Gasteiger partial charge in [-0.2, -0.15) is 26.3 Å². The predicted molar refractivity (Wildman–Crippen MR) is 103 cm³/mol. The average molecular weight is 494 g/mol. The van der Waals surface area contributed by atoms with Crippen LogP contribution in [0.2, 0.25) is 0 Å². The molecule has 2 heterocycles. The summed E-state index contributed by atoms with van der Waals surface area (Å²) in [4.78, 5) is 21.0. The van der Waals surface area contributed by atoms with Gasteiger partial charge in [-0.1, -0.05) is 12.1 Å². The molecule has 1 atom stereocenters. The summed E-state index contributed by atoms with van der Waals surface area (Å²) in [6, 6.07) is 3.61. The van der Waals surface area contributed by atoms with Crippen LogP contribution in [-0.4, -0.2) is 55.2 Å². The number of aryl methyl sites for hydroxylation is 1. The number of aliphatic hydroxyl groups excluding tert-OH is 1. The summed E-state index contributed by atoms with van der Waals surface area (Å²) in [5.41, 5.74) is 3.16. The minimum atomic E-state index is -5.08. The van der Waals surface area contributed by atoms with Gasteiger partial charge in [0.1, 0.15) is 0 Å². The molecule has 0 fully saturated rings. The quantitative estimate of drug-likeness (QED) is 0.401. The molecule has 5 N–H and O–H groups in total. The molecule has 0 aliphatic carbocycles. The Balaban J connectivity index is 0.000000509. The van der Waals surface area contributed by atoms with Gasteiger partial charge in [0.25, 0.3) is 0 Å². The van der Waals surface area contributed by atoms with Crippen molar-refractivity contribution in [2.45, 2.75) is 24.9 Å². The van der Waals surface area contributed by atoms with Gasteiger partial charge in [-0.15, -0.1) is 0 Å². The van der Waals surface area contributed by atoms with E-state index < -0.39 is 36.1 Å². The number of hydrogen-bond acceptors (Lipinski definition) is 8. The number of alkyl halides is 6. The molecule has 15 heteroatoms. The van der Waals surface area contributed by atoms with Crippen molar-refractivity contribution >= 4 is 11.8 Å². The second-order valence-electron chi connectivity index (χ2n) is 6.70. The Morgan fingerprint density at radius 3 is 2.24 bits per heavy atom. The summed E-state index contributed by atoms with van der Waals surface area (Å²) >= 11 is 0. The molecule has 0 radical (unpaired) electrons. The largest absolute Gasteiger partial charge is 0.490 e. The number of nitrogens with two attached hydrogens (primary N) is 1. The summed E-state index contributed by atoms with van der Waals surface area (Å²) in [7, 11) is 0. The predicted octanol–water partition coefficient (Wildman–Crippen LogP) is 3.06. The Kier molecular flexibility index (Phi) is 7.52. The fourth-order valence-corrected chi connectivity index (χ4v) is 2.54. The highest BCUT2D eigenvalue weighted by molar-refractivity contribution is 5.73. The number of carbonyl (C=O) groups is 1. The first kappa shape index (κ1) is 26.5. The summed E-state index contributed by atoms with van der Waals surface area (Å²) < 4.78 is 76.6. The highest BCUT2D eigenvalue weighted by Crippen LogP contribution is 2.40. The van der Waals surface area contributed by atoms with Crippen LogP contribution in [0.4, 0.5) is 32.2 Å². The van der Waals surface area contributed by atoms with Crippen LogP contribution in [-0.2, 0) is 10.4 Å². The van der Waals surface area contributed by atoms with E-state index in [1.807, 2.05) is 0 Å². The molecule has 0 saturated carbocycles. The maximum absolute atomic E-state index is 13.3. The minimum absolute atomic E-state index is 0.0615. The Hall–Kier alpha value is -3.72. The number of halogens is 6. The van der Waals surface area contributed by atoms with Crippen molar-refractivity contribution in [1.82, 2.24) is 15.0 Å². The number of carboxylic acids is 1. The van der Waals surface area contributed by atoms with Crippen LogP contribution >= 0.6 is 0 Å². The van der Waals surface area contributed by atoms with E-state index in [0.717, 1.165) is 12.1 Å². The van der Waals surface area contributed by atoms with Gasteiger partial charge in [0.15, 0.2) is 23.7 Å². The van der Waals surface area contributed by atoms with Crippen molar-refractivity contribution < 1.29 is 50.9 Å². The molecule has 0 saturated heterocycles. The normalized spacial score (nSPS) is 13.6. The molecule has 2 aromatic heterocycles. The van der Waals surface area contributed by atoms with Crippen LogP contribution in [0.25, 0.3) is 22.7 Å². The van der Waals surface area contributed by atoms with Gasteiger partial charge in [0, 0.05) is 5.56 Å². The molecule has 0 aliphatic rings. The number of aromatic nitrogens is 3. The fourth-order valence-electron chi connectivity index (χ4n) is 2.54. The topological polar surface area (TPSA) is 156 Å². The molecule has 0 spiro atoms. The number of hydrogen-bond donors (Lipinski definition) is 4. The van der Waals surface area contributed by atoms with E-state index in [2.05, 4.69) is 15.0 Å². The molecule has 1 unspecified atom stereocenters. The summed E-state index contributed by atoms with van der Waals surface area (Å²) in [6.45, 7) is 0.145. The van der Waals surface area contributed by atoms with E-state index in [1.165, 1.54) is 24.9 Å². The van der Waals surface area contributed by atoms with Gasteiger partial charge in [-0.05, 0) is 24.1 Å². The van der Waals surface area contributed by atoms with E-state index >= 15 is 0 Å². The molecule has 1 aromatic carbocycles. The average Bonchev–Trinajstić information content (AvgIpc) is 3.27. The molecular weight excluding hydrogens is 478 g/mol. The van der Waals surface area contributed by atoms with E-state index in [4.69, 9.17) is 20.1 Å². The Morgan fingerprint density at radius 2 is 1.76 bits per heavy atom. The maximum Gasteiger partial charge on any atom is 0.490 e. The number of aliphatic carboxylic acids is 1. The number of carboxylic acid groups (broad SMARTS) is 1. The molecule has 34 heavy (non-hydrogen) atoms. The van der Waals surface area contributed by atoms with Crippen molar-refractivity contribution in [3.05, 3.63) is 48.1 Å². The molecule has 3 aromatic rings. The van der Waals surface area contributed by atoms with Crippen LogP contribution in [0, 0.1) is 6.92 Å². The van der Waals surface area contributed by atoms with Gasteiger partial charge >= 0.3 is 18.3 Å². The summed E-state index contributed by atoms with van der Waals surface area (Å²) in [6.07, 6.45) is -6.29. The highest BCUT2D eigenvalue weighted by Gasteiger charge is 2.54.